The molecule has 0 rings (SSSR count). The summed E-state index contributed by atoms with van der Waals surface area (Å²) in [4.78, 5) is 16.3. The van der Waals surface area contributed by atoms with E-state index in [1.54, 1.807) is 0 Å². The van der Waals surface area contributed by atoms with E-state index in [0.717, 1.165) is 0 Å². The Hall–Kier alpha value is -0.610. The normalized spacial score (nSPS) is 13.9. The van der Waals surface area contributed by atoms with Crippen molar-refractivity contribution >= 4 is 5.91 Å². The highest BCUT2D eigenvalue weighted by atomic mass is 16.7. The first kappa shape index (κ1) is 12.4. The quantitative estimate of drug-likeness (QED) is 0.642. The number of hydrogen-bond donors (Lipinski definition) is 2. The lowest BCUT2D eigenvalue weighted by atomic mass is 10.1. The van der Waals surface area contributed by atoms with Crippen LogP contribution in [0.4, 0.5) is 0 Å². The molecule has 0 saturated heterocycles. The summed E-state index contributed by atoms with van der Waals surface area (Å²) in [6.45, 7) is 8.07. The molecular weight excluding hydrogens is 168 g/mol. The van der Waals surface area contributed by atoms with Gasteiger partial charge in [-0.2, -0.15) is 0 Å². The van der Waals surface area contributed by atoms with Crippen molar-refractivity contribution < 1.29 is 9.63 Å². The maximum atomic E-state index is 11.2. The van der Waals surface area contributed by atoms with Crippen LogP contribution in [0.5, 0.6) is 0 Å². The van der Waals surface area contributed by atoms with Gasteiger partial charge in [0.15, 0.2) is 0 Å². The molecule has 0 fully saturated rings. The first-order valence-corrected chi connectivity index (χ1v) is 4.52. The van der Waals surface area contributed by atoms with E-state index in [0.29, 0.717) is 13.0 Å². The molecule has 0 aliphatic heterocycles. The van der Waals surface area contributed by atoms with Crippen LogP contribution in [0.25, 0.3) is 0 Å². The van der Waals surface area contributed by atoms with Gasteiger partial charge in [0.25, 0.3) is 0 Å². The maximum Gasteiger partial charge on any atom is 0.243 e. The minimum Gasteiger partial charge on any atom is -0.330 e. The van der Waals surface area contributed by atoms with E-state index in [1.165, 1.54) is 0 Å². The van der Waals surface area contributed by atoms with Crippen molar-refractivity contribution in [2.24, 2.45) is 11.7 Å². The van der Waals surface area contributed by atoms with Crippen molar-refractivity contribution in [1.29, 1.82) is 0 Å². The Kier molecular flexibility index (Phi) is 4.95. The Labute approximate surface area is 79.8 Å². The predicted octanol–water partition coefficient (Wildman–Crippen LogP) is 0.818. The van der Waals surface area contributed by atoms with Gasteiger partial charge in [0.05, 0.1) is 5.60 Å². The van der Waals surface area contributed by atoms with Crippen LogP contribution in [0.1, 0.15) is 34.1 Å². The molecule has 0 aliphatic carbocycles. The van der Waals surface area contributed by atoms with Crippen molar-refractivity contribution in [3.8, 4) is 0 Å². The van der Waals surface area contributed by atoms with E-state index in [-0.39, 0.29) is 17.4 Å². The van der Waals surface area contributed by atoms with Gasteiger partial charge in [-0.15, -0.1) is 0 Å². The number of hydrogen-bond acceptors (Lipinski definition) is 3. The van der Waals surface area contributed by atoms with Gasteiger partial charge < -0.3 is 5.73 Å². The van der Waals surface area contributed by atoms with Gasteiger partial charge in [-0.25, -0.2) is 5.48 Å². The van der Waals surface area contributed by atoms with Crippen molar-refractivity contribution in [2.45, 2.75) is 39.7 Å². The largest absolute Gasteiger partial charge is 0.330 e. The van der Waals surface area contributed by atoms with Crippen LogP contribution >= 0.6 is 0 Å². The molecule has 1 amide bonds. The summed E-state index contributed by atoms with van der Waals surface area (Å²) in [6.07, 6.45) is 0.409. The SMILES string of the molecule is CC(CN)CC(=O)NOC(C)(C)C. The van der Waals surface area contributed by atoms with Gasteiger partial charge >= 0.3 is 0 Å². The Morgan fingerprint density at radius 1 is 1.54 bits per heavy atom. The first-order chi connectivity index (χ1) is 5.85. The first-order valence-electron chi connectivity index (χ1n) is 4.52. The minimum absolute atomic E-state index is 0.118. The molecule has 0 aliphatic rings. The fourth-order valence-electron chi connectivity index (χ4n) is 0.652. The van der Waals surface area contributed by atoms with E-state index >= 15 is 0 Å². The zero-order chi connectivity index (χ0) is 10.5. The fourth-order valence-corrected chi connectivity index (χ4v) is 0.652. The number of nitrogens with two attached hydrogens (primary N) is 1. The second-order valence-corrected chi connectivity index (χ2v) is 4.28. The molecule has 1 atom stereocenters. The van der Waals surface area contributed by atoms with Crippen molar-refractivity contribution in [3.63, 3.8) is 0 Å². The van der Waals surface area contributed by atoms with Crippen molar-refractivity contribution in [1.82, 2.24) is 5.48 Å². The number of amides is 1. The molecule has 1 unspecified atom stereocenters. The van der Waals surface area contributed by atoms with Gasteiger partial charge in [0, 0.05) is 6.42 Å². The zero-order valence-electron chi connectivity index (χ0n) is 8.89. The van der Waals surface area contributed by atoms with Gasteiger partial charge in [0.1, 0.15) is 0 Å². The number of rotatable bonds is 4. The lowest BCUT2D eigenvalue weighted by molar-refractivity contribution is -0.146. The van der Waals surface area contributed by atoms with E-state index in [9.17, 15) is 4.79 Å². The van der Waals surface area contributed by atoms with E-state index in [1.807, 2.05) is 27.7 Å². The lowest BCUT2D eigenvalue weighted by Crippen LogP contribution is -2.34. The summed E-state index contributed by atoms with van der Waals surface area (Å²) in [6, 6.07) is 0. The molecule has 0 radical (unpaired) electrons. The van der Waals surface area contributed by atoms with E-state index in [4.69, 9.17) is 10.6 Å². The predicted molar refractivity (Wildman–Crippen MR) is 51.8 cm³/mol. The number of carbonyl (C=O) groups excluding carboxylic acids is 1. The van der Waals surface area contributed by atoms with Gasteiger partial charge in [-0.3, -0.25) is 9.63 Å². The Morgan fingerprint density at radius 2 is 2.08 bits per heavy atom. The molecule has 0 heterocycles. The molecule has 78 valence electrons. The number of nitrogens with one attached hydrogen (secondary N) is 1. The monoisotopic (exact) mass is 188 g/mol. The van der Waals surface area contributed by atoms with Crippen LogP contribution in [-0.2, 0) is 9.63 Å². The average molecular weight is 188 g/mol. The zero-order valence-corrected chi connectivity index (χ0v) is 8.89. The summed E-state index contributed by atoms with van der Waals surface area (Å²) >= 11 is 0. The number of carbonyl (C=O) groups is 1. The second kappa shape index (κ2) is 5.19. The van der Waals surface area contributed by atoms with Crippen molar-refractivity contribution in [3.05, 3.63) is 0 Å². The molecule has 0 aromatic rings. The summed E-state index contributed by atoms with van der Waals surface area (Å²) in [7, 11) is 0. The smallest absolute Gasteiger partial charge is 0.243 e. The Morgan fingerprint density at radius 3 is 2.46 bits per heavy atom. The molecule has 0 spiro atoms. The van der Waals surface area contributed by atoms with Crippen LogP contribution in [0.15, 0.2) is 0 Å². The van der Waals surface area contributed by atoms with Gasteiger partial charge in [-0.1, -0.05) is 6.92 Å². The average Bonchev–Trinajstić information content (AvgIpc) is 1.99. The molecule has 0 aromatic heterocycles. The molecule has 13 heavy (non-hydrogen) atoms. The third-order valence-corrected chi connectivity index (χ3v) is 1.41. The van der Waals surface area contributed by atoms with Crippen molar-refractivity contribution in [2.75, 3.05) is 6.54 Å². The topological polar surface area (TPSA) is 64.4 Å². The van der Waals surface area contributed by atoms with Gasteiger partial charge in [-0.05, 0) is 33.2 Å². The highest BCUT2D eigenvalue weighted by molar-refractivity contribution is 5.75. The second-order valence-electron chi connectivity index (χ2n) is 4.28. The van der Waals surface area contributed by atoms with E-state index < -0.39 is 0 Å². The van der Waals surface area contributed by atoms with Crippen LogP contribution in [0.2, 0.25) is 0 Å². The van der Waals surface area contributed by atoms with Crippen LogP contribution in [0.3, 0.4) is 0 Å². The third-order valence-electron chi connectivity index (χ3n) is 1.41. The van der Waals surface area contributed by atoms with Crippen LogP contribution in [-0.4, -0.2) is 18.1 Å². The summed E-state index contributed by atoms with van der Waals surface area (Å²) in [5, 5.41) is 0. The molecular formula is C9H20N2O2. The summed E-state index contributed by atoms with van der Waals surface area (Å²) in [5.74, 6) is 0.0800. The molecule has 3 N–H and O–H groups in total. The highest BCUT2D eigenvalue weighted by Gasteiger charge is 2.13. The highest BCUT2D eigenvalue weighted by Crippen LogP contribution is 2.05. The third kappa shape index (κ3) is 7.74. The molecule has 4 heteroatoms. The van der Waals surface area contributed by atoms with E-state index in [2.05, 4.69) is 5.48 Å². The minimum atomic E-state index is -0.346. The summed E-state index contributed by atoms with van der Waals surface area (Å²) < 4.78 is 0. The molecule has 0 aromatic carbocycles. The lowest BCUT2D eigenvalue weighted by Gasteiger charge is -2.19. The van der Waals surface area contributed by atoms with Crippen LogP contribution in [0, 0.1) is 5.92 Å². The molecule has 0 saturated carbocycles. The standard InChI is InChI=1S/C9H20N2O2/c1-7(6-10)5-8(12)11-13-9(2,3)4/h7H,5-6,10H2,1-4H3,(H,11,12). The maximum absolute atomic E-state index is 11.2. The molecule has 0 bridgehead atoms. The summed E-state index contributed by atoms with van der Waals surface area (Å²) in [5.41, 5.74) is 7.43. The van der Waals surface area contributed by atoms with Crippen LogP contribution < -0.4 is 11.2 Å². The fraction of sp³-hybridized carbons (Fsp3) is 0.889. The molecule has 4 nitrogen and oxygen atoms in total. The Bertz CT molecular complexity index is 163. The Balaban J connectivity index is 3.64. The van der Waals surface area contributed by atoms with Gasteiger partial charge in [0.2, 0.25) is 5.91 Å². The number of hydroxylamine groups is 1.